The van der Waals surface area contributed by atoms with Crippen molar-refractivity contribution in [2.75, 3.05) is 45.9 Å². The van der Waals surface area contributed by atoms with Crippen molar-refractivity contribution in [2.45, 2.75) is 70.8 Å². The average Bonchev–Trinajstić information content (AvgIpc) is 2.82. The highest BCUT2D eigenvalue weighted by Gasteiger charge is 2.27. The van der Waals surface area contributed by atoms with Crippen LogP contribution in [0.25, 0.3) is 0 Å². The number of amides is 2. The summed E-state index contributed by atoms with van der Waals surface area (Å²) in [5.74, 6) is 1.17. The topological polar surface area (TPSA) is 82.1 Å². The summed E-state index contributed by atoms with van der Waals surface area (Å²) in [6, 6.07) is 8.03. The molecule has 7 heteroatoms. The normalized spacial score (nSPS) is 18.6. The van der Waals surface area contributed by atoms with Crippen LogP contribution >= 0.6 is 0 Å². The van der Waals surface area contributed by atoms with Crippen molar-refractivity contribution in [3.05, 3.63) is 35.4 Å². The van der Waals surface area contributed by atoms with Crippen LogP contribution in [0.1, 0.15) is 81.1 Å². The van der Waals surface area contributed by atoms with E-state index in [-0.39, 0.29) is 18.6 Å². The molecule has 2 aliphatic rings. The van der Waals surface area contributed by atoms with E-state index >= 15 is 0 Å². The molecule has 2 N–H and O–H groups in total. The number of benzene rings is 1. The number of nitrogens with zero attached hydrogens (tertiary/aromatic N) is 2. The number of aliphatic hydroxyl groups is 1. The number of aliphatic hydroxyl groups excluding tert-OH is 1. The molecule has 0 aromatic heterocycles. The molecule has 2 saturated heterocycles. The number of carbonyl (C=O) groups is 2. The third kappa shape index (κ3) is 8.27. The summed E-state index contributed by atoms with van der Waals surface area (Å²) >= 11 is 0. The monoisotopic (exact) mass is 473 g/mol. The number of nitrogens with one attached hydrogen (secondary N) is 1. The summed E-state index contributed by atoms with van der Waals surface area (Å²) < 4.78 is 5.50. The third-order valence-corrected chi connectivity index (χ3v) is 6.97. The first kappa shape index (κ1) is 26.5. The summed E-state index contributed by atoms with van der Waals surface area (Å²) in [4.78, 5) is 28.8. The van der Waals surface area contributed by atoms with Crippen molar-refractivity contribution in [2.24, 2.45) is 5.92 Å². The van der Waals surface area contributed by atoms with Crippen LogP contribution in [0.4, 0.5) is 4.79 Å². The van der Waals surface area contributed by atoms with E-state index in [9.17, 15) is 9.59 Å². The Bertz CT molecular complexity index is 774. The molecule has 2 aliphatic heterocycles. The molecule has 7 nitrogen and oxygen atoms in total. The van der Waals surface area contributed by atoms with E-state index in [0.29, 0.717) is 30.4 Å². The van der Waals surface area contributed by atoms with Crippen molar-refractivity contribution in [3.8, 4) is 0 Å². The number of likely N-dealkylation sites (tertiary alicyclic amines) is 2. The summed E-state index contributed by atoms with van der Waals surface area (Å²) in [6.45, 7) is 11.3. The zero-order chi connectivity index (χ0) is 24.6. The second-order valence-corrected chi connectivity index (χ2v) is 10.8. The van der Waals surface area contributed by atoms with Crippen LogP contribution in [0.3, 0.4) is 0 Å². The van der Waals surface area contributed by atoms with Gasteiger partial charge < -0.3 is 25.0 Å². The van der Waals surface area contributed by atoms with Gasteiger partial charge in [0.1, 0.15) is 5.60 Å². The van der Waals surface area contributed by atoms with Gasteiger partial charge in [0.15, 0.2) is 0 Å². The minimum absolute atomic E-state index is 0.0771. The van der Waals surface area contributed by atoms with Gasteiger partial charge in [-0.1, -0.05) is 12.1 Å². The number of hydrogen-bond donors (Lipinski definition) is 2. The second-order valence-electron chi connectivity index (χ2n) is 10.8. The first-order chi connectivity index (χ1) is 16.2. The first-order valence-corrected chi connectivity index (χ1v) is 12.9. The van der Waals surface area contributed by atoms with Crippen molar-refractivity contribution in [3.63, 3.8) is 0 Å². The molecule has 2 heterocycles. The van der Waals surface area contributed by atoms with Gasteiger partial charge in [-0.05, 0) is 108 Å². The predicted molar refractivity (Wildman–Crippen MR) is 134 cm³/mol. The smallest absolute Gasteiger partial charge is 0.410 e. The highest BCUT2D eigenvalue weighted by Crippen LogP contribution is 2.29. The Kier molecular flexibility index (Phi) is 9.77. The molecular weight excluding hydrogens is 430 g/mol. The Morgan fingerprint density at radius 3 is 2.26 bits per heavy atom. The molecule has 3 rings (SSSR count). The molecule has 1 aromatic carbocycles. The molecule has 34 heavy (non-hydrogen) atoms. The molecule has 0 unspecified atom stereocenters. The van der Waals surface area contributed by atoms with Gasteiger partial charge in [-0.2, -0.15) is 0 Å². The van der Waals surface area contributed by atoms with Crippen LogP contribution < -0.4 is 5.32 Å². The maximum absolute atomic E-state index is 12.2. The van der Waals surface area contributed by atoms with Crippen LogP contribution in [0.2, 0.25) is 0 Å². The Morgan fingerprint density at radius 1 is 1.03 bits per heavy atom. The molecule has 0 radical (unpaired) electrons. The second kappa shape index (κ2) is 12.5. The third-order valence-electron chi connectivity index (χ3n) is 6.97. The predicted octanol–water partition coefficient (Wildman–Crippen LogP) is 4.02. The molecule has 0 spiro atoms. The van der Waals surface area contributed by atoms with Crippen LogP contribution in [-0.2, 0) is 4.74 Å². The van der Waals surface area contributed by atoms with Gasteiger partial charge >= 0.3 is 6.09 Å². The summed E-state index contributed by atoms with van der Waals surface area (Å²) in [5.41, 5.74) is 1.56. The lowest BCUT2D eigenvalue weighted by atomic mass is 9.88. The van der Waals surface area contributed by atoms with E-state index in [2.05, 4.69) is 22.3 Å². The van der Waals surface area contributed by atoms with E-state index in [4.69, 9.17) is 9.84 Å². The Hall–Kier alpha value is -2.12. The number of carbonyl (C=O) groups excluding carboxylic acids is 2. The standard InChI is InChI=1S/C27H43N3O4/c1-27(2,3)34-26(33)30-18-10-21(11-19-30)9-15-29-16-12-23(13-17-29)22-5-7-24(8-6-22)25(32)28-14-4-20-31/h5-8,21,23,31H,4,9-20H2,1-3H3,(H,28,32). The highest BCUT2D eigenvalue weighted by atomic mass is 16.6. The minimum atomic E-state index is -0.433. The van der Waals surface area contributed by atoms with Gasteiger partial charge in [0.25, 0.3) is 5.91 Å². The number of hydrogen-bond acceptors (Lipinski definition) is 5. The molecular formula is C27H43N3O4. The van der Waals surface area contributed by atoms with Crippen molar-refractivity contribution in [1.82, 2.24) is 15.1 Å². The first-order valence-electron chi connectivity index (χ1n) is 12.9. The summed E-state index contributed by atoms with van der Waals surface area (Å²) in [7, 11) is 0. The van der Waals surface area contributed by atoms with Gasteiger partial charge in [-0.15, -0.1) is 0 Å². The maximum Gasteiger partial charge on any atom is 0.410 e. The highest BCUT2D eigenvalue weighted by molar-refractivity contribution is 5.94. The Labute approximate surface area is 204 Å². The molecule has 0 atom stereocenters. The lowest BCUT2D eigenvalue weighted by Gasteiger charge is -2.36. The van der Waals surface area contributed by atoms with E-state index in [1.807, 2.05) is 37.8 Å². The number of piperidine rings is 2. The number of ether oxygens (including phenoxy) is 1. The SMILES string of the molecule is CC(C)(C)OC(=O)N1CCC(CCN2CCC(c3ccc(C(=O)NCCCO)cc3)CC2)CC1. The molecule has 1 aromatic rings. The van der Waals surface area contributed by atoms with Gasteiger partial charge in [0, 0.05) is 31.8 Å². The van der Waals surface area contributed by atoms with E-state index < -0.39 is 5.60 Å². The van der Waals surface area contributed by atoms with Gasteiger partial charge in [-0.3, -0.25) is 4.79 Å². The van der Waals surface area contributed by atoms with Crippen LogP contribution in [-0.4, -0.2) is 78.4 Å². The largest absolute Gasteiger partial charge is 0.444 e. The summed E-state index contributed by atoms with van der Waals surface area (Å²) in [6.07, 6.45) is 6.03. The van der Waals surface area contributed by atoms with Crippen molar-refractivity contribution >= 4 is 12.0 Å². The zero-order valence-electron chi connectivity index (χ0n) is 21.2. The van der Waals surface area contributed by atoms with Crippen molar-refractivity contribution in [1.29, 1.82) is 0 Å². The molecule has 0 aliphatic carbocycles. The Morgan fingerprint density at radius 2 is 1.68 bits per heavy atom. The van der Waals surface area contributed by atoms with Crippen LogP contribution in [0, 0.1) is 5.92 Å². The van der Waals surface area contributed by atoms with Crippen LogP contribution in [0.15, 0.2) is 24.3 Å². The molecule has 190 valence electrons. The fourth-order valence-electron chi connectivity index (χ4n) is 4.88. The minimum Gasteiger partial charge on any atom is -0.444 e. The molecule has 2 amide bonds. The Balaban J connectivity index is 1.34. The van der Waals surface area contributed by atoms with Crippen LogP contribution in [0.5, 0.6) is 0 Å². The molecule has 2 fully saturated rings. The lowest BCUT2D eigenvalue weighted by molar-refractivity contribution is 0.0177. The van der Waals surface area contributed by atoms with Gasteiger partial charge in [0.05, 0.1) is 0 Å². The van der Waals surface area contributed by atoms with Crippen molar-refractivity contribution < 1.29 is 19.4 Å². The fourth-order valence-corrected chi connectivity index (χ4v) is 4.88. The molecule has 0 bridgehead atoms. The maximum atomic E-state index is 12.2. The van der Waals surface area contributed by atoms with E-state index in [1.54, 1.807) is 0 Å². The summed E-state index contributed by atoms with van der Waals surface area (Å²) in [5, 5.41) is 11.7. The number of rotatable bonds is 8. The zero-order valence-corrected chi connectivity index (χ0v) is 21.2. The lowest BCUT2D eigenvalue weighted by Crippen LogP contribution is -2.42. The quantitative estimate of drug-likeness (QED) is 0.558. The van der Waals surface area contributed by atoms with E-state index in [0.717, 1.165) is 58.4 Å². The van der Waals surface area contributed by atoms with E-state index in [1.165, 1.54) is 12.0 Å². The average molecular weight is 474 g/mol. The molecule has 0 saturated carbocycles. The fraction of sp³-hybridized carbons (Fsp3) is 0.704. The van der Waals surface area contributed by atoms with Gasteiger partial charge in [0.2, 0.25) is 0 Å². The van der Waals surface area contributed by atoms with Gasteiger partial charge in [-0.25, -0.2) is 4.79 Å².